The molecule has 0 spiro atoms. The highest BCUT2D eigenvalue weighted by Gasteiger charge is 2.22. The molecule has 4 heteroatoms. The molecule has 0 aliphatic carbocycles. The minimum Gasteiger partial charge on any atom is -0.311 e. The topological polar surface area (TPSA) is 23.6 Å². The largest absolute Gasteiger partial charge is 0.311 e. The Hall–Kier alpha value is -1.65. The number of para-hydroxylation sites is 1. The number of aryl methyl sites for hydroxylation is 1. The first-order chi connectivity index (χ1) is 10.2. The van der Waals surface area contributed by atoms with Crippen LogP contribution in [0.3, 0.4) is 0 Å². The molecule has 3 rings (SSSR count). The Kier molecular flexibility index (Phi) is 4.36. The van der Waals surface area contributed by atoms with Crippen LogP contribution in [0.25, 0.3) is 0 Å². The summed E-state index contributed by atoms with van der Waals surface area (Å²) in [6, 6.07) is 10.4. The number of hydrogen-bond donors (Lipinski definition) is 0. The Morgan fingerprint density at radius 2 is 2.10 bits per heavy atom. The highest BCUT2D eigenvalue weighted by molar-refractivity contribution is 7.07. The number of likely N-dealkylation sites (N-methyl/N-ethyl adjacent to an activating group) is 1. The number of carbonyl (C=O) groups excluding carboxylic acids is 1. The van der Waals surface area contributed by atoms with Crippen LogP contribution in [0.5, 0.6) is 0 Å². The Bertz CT molecular complexity index is 609. The summed E-state index contributed by atoms with van der Waals surface area (Å²) < 4.78 is 0. The molecule has 2 heterocycles. The Balaban J connectivity index is 1.76. The second kappa shape index (κ2) is 6.41. The van der Waals surface area contributed by atoms with Gasteiger partial charge in [-0.1, -0.05) is 18.2 Å². The van der Waals surface area contributed by atoms with Gasteiger partial charge in [0.25, 0.3) is 0 Å². The van der Waals surface area contributed by atoms with Crippen LogP contribution >= 0.6 is 11.3 Å². The van der Waals surface area contributed by atoms with Gasteiger partial charge in [-0.25, -0.2) is 0 Å². The summed E-state index contributed by atoms with van der Waals surface area (Å²) in [5.74, 6) is 0.226. The van der Waals surface area contributed by atoms with Gasteiger partial charge in [-0.05, 0) is 47.5 Å². The van der Waals surface area contributed by atoms with Crippen molar-refractivity contribution in [2.75, 3.05) is 25.0 Å². The molecule has 1 aliphatic rings. The molecule has 0 unspecified atom stereocenters. The minimum absolute atomic E-state index is 0.226. The van der Waals surface area contributed by atoms with E-state index in [-0.39, 0.29) is 5.91 Å². The lowest BCUT2D eigenvalue weighted by Gasteiger charge is -2.22. The van der Waals surface area contributed by atoms with Crippen molar-refractivity contribution in [3.05, 3.63) is 52.2 Å². The Morgan fingerprint density at radius 1 is 1.24 bits per heavy atom. The van der Waals surface area contributed by atoms with Crippen LogP contribution in [-0.4, -0.2) is 30.9 Å². The fraction of sp³-hybridized carbons (Fsp3) is 0.353. The molecule has 1 aromatic carbocycles. The fourth-order valence-corrected chi connectivity index (χ4v) is 3.45. The lowest BCUT2D eigenvalue weighted by Crippen LogP contribution is -2.35. The molecule has 0 radical (unpaired) electrons. The highest BCUT2D eigenvalue weighted by atomic mass is 32.1. The van der Waals surface area contributed by atoms with Crippen LogP contribution in [0.1, 0.15) is 17.5 Å². The first-order valence-corrected chi connectivity index (χ1v) is 8.26. The third kappa shape index (κ3) is 3.34. The summed E-state index contributed by atoms with van der Waals surface area (Å²) in [6.07, 6.45) is 1.41. The summed E-state index contributed by atoms with van der Waals surface area (Å²) in [5, 5.41) is 4.19. The standard InChI is InChI=1S/C17H20N2OS/c1-18-9-10-19(16-5-3-2-4-15(16)12-18)17(20)7-6-14-8-11-21-13-14/h2-5,8,11,13H,6-7,9-10,12H2,1H3. The molecule has 1 aliphatic heterocycles. The van der Waals surface area contributed by atoms with Gasteiger partial charge >= 0.3 is 0 Å². The summed E-state index contributed by atoms with van der Waals surface area (Å²) in [7, 11) is 2.11. The molecule has 21 heavy (non-hydrogen) atoms. The van der Waals surface area contributed by atoms with Crippen molar-refractivity contribution >= 4 is 22.9 Å². The van der Waals surface area contributed by atoms with E-state index in [2.05, 4.69) is 40.9 Å². The van der Waals surface area contributed by atoms with Gasteiger partial charge in [0.2, 0.25) is 5.91 Å². The van der Waals surface area contributed by atoms with E-state index in [4.69, 9.17) is 0 Å². The molecule has 0 atom stereocenters. The van der Waals surface area contributed by atoms with Gasteiger partial charge in [-0.3, -0.25) is 4.79 Å². The quantitative estimate of drug-likeness (QED) is 0.869. The smallest absolute Gasteiger partial charge is 0.227 e. The number of thiophene rings is 1. The number of rotatable bonds is 3. The molecule has 110 valence electrons. The van der Waals surface area contributed by atoms with Crippen molar-refractivity contribution in [3.8, 4) is 0 Å². The molecule has 1 aromatic heterocycles. The number of benzene rings is 1. The summed E-state index contributed by atoms with van der Waals surface area (Å²) >= 11 is 1.69. The van der Waals surface area contributed by atoms with Crippen molar-refractivity contribution in [2.24, 2.45) is 0 Å². The Labute approximate surface area is 129 Å². The highest BCUT2D eigenvalue weighted by Crippen LogP contribution is 2.25. The average molecular weight is 300 g/mol. The summed E-state index contributed by atoms with van der Waals surface area (Å²) in [4.78, 5) is 16.9. The van der Waals surface area contributed by atoms with Crippen LogP contribution in [-0.2, 0) is 17.8 Å². The van der Waals surface area contributed by atoms with Crippen LogP contribution in [0, 0.1) is 0 Å². The predicted octanol–water partition coefficient (Wildman–Crippen LogP) is 3.16. The summed E-state index contributed by atoms with van der Waals surface area (Å²) in [5.41, 5.74) is 3.58. The van der Waals surface area contributed by atoms with Gasteiger partial charge in [0.1, 0.15) is 0 Å². The van der Waals surface area contributed by atoms with Gasteiger partial charge in [-0.15, -0.1) is 0 Å². The molecule has 0 N–H and O–H groups in total. The van der Waals surface area contributed by atoms with E-state index in [9.17, 15) is 4.79 Å². The van der Waals surface area contributed by atoms with Crippen LogP contribution in [0.4, 0.5) is 5.69 Å². The van der Waals surface area contributed by atoms with Gasteiger partial charge < -0.3 is 9.80 Å². The number of fused-ring (bicyclic) bond motifs is 1. The van der Waals surface area contributed by atoms with Crippen LogP contribution in [0.2, 0.25) is 0 Å². The zero-order valence-corrected chi connectivity index (χ0v) is 13.1. The maximum absolute atomic E-state index is 12.6. The Morgan fingerprint density at radius 3 is 2.90 bits per heavy atom. The normalized spacial score (nSPS) is 15.6. The van der Waals surface area contributed by atoms with Crippen molar-refractivity contribution in [3.63, 3.8) is 0 Å². The first kappa shape index (κ1) is 14.3. The van der Waals surface area contributed by atoms with E-state index in [1.807, 2.05) is 17.0 Å². The summed E-state index contributed by atoms with van der Waals surface area (Å²) in [6.45, 7) is 2.60. The van der Waals surface area contributed by atoms with Crippen molar-refractivity contribution < 1.29 is 4.79 Å². The molecule has 2 aromatic rings. The van der Waals surface area contributed by atoms with Crippen LogP contribution < -0.4 is 4.90 Å². The number of nitrogens with zero attached hydrogens (tertiary/aromatic N) is 2. The van der Waals surface area contributed by atoms with Crippen molar-refractivity contribution in [1.82, 2.24) is 4.90 Å². The number of hydrogen-bond acceptors (Lipinski definition) is 3. The van der Waals surface area contributed by atoms with E-state index in [1.165, 1.54) is 11.1 Å². The monoisotopic (exact) mass is 300 g/mol. The third-order valence-corrected chi connectivity index (χ3v) is 4.67. The zero-order valence-electron chi connectivity index (χ0n) is 12.3. The molecule has 0 fully saturated rings. The number of amides is 1. The number of carbonyl (C=O) groups is 1. The first-order valence-electron chi connectivity index (χ1n) is 7.32. The van der Waals surface area contributed by atoms with Crippen molar-refractivity contribution in [1.29, 1.82) is 0 Å². The molecular formula is C17H20N2OS. The molecule has 1 amide bonds. The average Bonchev–Trinajstić information content (AvgIpc) is 2.94. The molecule has 3 nitrogen and oxygen atoms in total. The molecular weight excluding hydrogens is 280 g/mol. The molecule has 0 saturated carbocycles. The van der Waals surface area contributed by atoms with Crippen molar-refractivity contribution in [2.45, 2.75) is 19.4 Å². The van der Waals surface area contributed by atoms with E-state index >= 15 is 0 Å². The van der Waals surface area contributed by atoms with E-state index in [0.717, 1.165) is 31.7 Å². The SMILES string of the molecule is CN1CCN(C(=O)CCc2ccsc2)c2ccccc2C1. The van der Waals surface area contributed by atoms with Gasteiger partial charge in [0.05, 0.1) is 0 Å². The second-order valence-corrected chi connectivity index (χ2v) is 6.32. The number of anilines is 1. The molecule has 0 bridgehead atoms. The van der Waals surface area contributed by atoms with Crippen LogP contribution in [0.15, 0.2) is 41.1 Å². The lowest BCUT2D eigenvalue weighted by molar-refractivity contribution is -0.118. The third-order valence-electron chi connectivity index (χ3n) is 3.94. The predicted molar refractivity (Wildman–Crippen MR) is 87.8 cm³/mol. The van der Waals surface area contributed by atoms with Gasteiger partial charge in [0.15, 0.2) is 0 Å². The van der Waals surface area contributed by atoms with E-state index < -0.39 is 0 Å². The lowest BCUT2D eigenvalue weighted by atomic mass is 10.1. The van der Waals surface area contributed by atoms with E-state index in [0.29, 0.717) is 6.42 Å². The zero-order chi connectivity index (χ0) is 14.7. The van der Waals surface area contributed by atoms with Gasteiger partial charge in [0, 0.05) is 31.7 Å². The van der Waals surface area contributed by atoms with Gasteiger partial charge in [-0.2, -0.15) is 11.3 Å². The maximum atomic E-state index is 12.6. The van der Waals surface area contributed by atoms with E-state index in [1.54, 1.807) is 11.3 Å². The fourth-order valence-electron chi connectivity index (χ4n) is 2.75. The minimum atomic E-state index is 0.226. The second-order valence-electron chi connectivity index (χ2n) is 5.54. The molecule has 0 saturated heterocycles. The maximum Gasteiger partial charge on any atom is 0.227 e.